The highest BCUT2D eigenvalue weighted by atomic mass is 16.7. The highest BCUT2D eigenvalue weighted by molar-refractivity contribution is 6.08. The maximum absolute atomic E-state index is 13.7. The molecule has 3 aliphatic rings. The van der Waals surface area contributed by atoms with Gasteiger partial charge >= 0.3 is 17.9 Å². The van der Waals surface area contributed by atoms with Gasteiger partial charge in [0.15, 0.2) is 29.8 Å². The molecule has 0 saturated carbocycles. The molecule has 1 amide bonds. The van der Waals surface area contributed by atoms with Gasteiger partial charge in [0.25, 0.3) is 5.91 Å². The zero-order chi connectivity index (χ0) is 29.5. The molecule has 2 aliphatic heterocycles. The van der Waals surface area contributed by atoms with Crippen LogP contribution in [0.5, 0.6) is 17.2 Å². The van der Waals surface area contributed by atoms with Crippen LogP contribution in [-0.4, -0.2) is 55.0 Å². The van der Waals surface area contributed by atoms with E-state index in [4.69, 9.17) is 28.4 Å². The standard InChI is InChI=1S/C31H27NO10/c1-15(33)40-24-12-22-21-11-23-27(39-14-38-23)29(37-13-18-8-9-19-6-4-5-7-20(19)10-18)25(21)31(36)32-26(22)30(42-17(3)35)28(24)41-16(2)34/h4-12,24,26,28,30H,13-14H2,1-3H3,(H,32,36)/t24-,26+,28-,30-/m0/s1. The lowest BCUT2D eigenvalue weighted by Crippen LogP contribution is -2.60. The van der Waals surface area contributed by atoms with E-state index in [1.54, 1.807) is 12.1 Å². The summed E-state index contributed by atoms with van der Waals surface area (Å²) in [6.07, 6.45) is -1.94. The van der Waals surface area contributed by atoms with E-state index >= 15 is 0 Å². The van der Waals surface area contributed by atoms with Crippen molar-refractivity contribution in [3.05, 3.63) is 71.3 Å². The van der Waals surface area contributed by atoms with Crippen molar-refractivity contribution in [1.29, 1.82) is 0 Å². The summed E-state index contributed by atoms with van der Waals surface area (Å²) in [5, 5.41) is 5.00. The van der Waals surface area contributed by atoms with Crippen LogP contribution in [0.1, 0.15) is 42.3 Å². The molecule has 0 fully saturated rings. The number of esters is 3. The summed E-state index contributed by atoms with van der Waals surface area (Å²) >= 11 is 0. The minimum absolute atomic E-state index is 0.0741. The number of nitrogens with one attached hydrogen (secondary N) is 1. The quantitative estimate of drug-likeness (QED) is 0.345. The molecule has 1 N–H and O–H groups in total. The Bertz CT molecular complexity index is 1660. The van der Waals surface area contributed by atoms with E-state index in [0.29, 0.717) is 16.9 Å². The van der Waals surface area contributed by atoms with E-state index in [9.17, 15) is 19.2 Å². The van der Waals surface area contributed by atoms with Gasteiger partial charge in [0.05, 0.1) is 11.6 Å². The number of rotatable bonds is 6. The van der Waals surface area contributed by atoms with Gasteiger partial charge in [-0.25, -0.2) is 0 Å². The Labute approximate surface area is 240 Å². The van der Waals surface area contributed by atoms with Gasteiger partial charge in [-0.1, -0.05) is 36.4 Å². The first-order valence-electron chi connectivity index (χ1n) is 13.3. The second-order valence-corrected chi connectivity index (χ2v) is 10.1. The van der Waals surface area contributed by atoms with Gasteiger partial charge in [-0.15, -0.1) is 0 Å². The lowest BCUT2D eigenvalue weighted by Gasteiger charge is -2.42. The van der Waals surface area contributed by atoms with Gasteiger partial charge in [-0.05, 0) is 40.1 Å². The molecule has 0 aromatic heterocycles. The molecular weight excluding hydrogens is 546 g/mol. The molecule has 0 radical (unpaired) electrons. The van der Waals surface area contributed by atoms with Crippen LogP contribution in [0.25, 0.3) is 16.3 Å². The molecule has 0 bridgehead atoms. The first-order valence-corrected chi connectivity index (χ1v) is 13.3. The summed E-state index contributed by atoms with van der Waals surface area (Å²) in [5.74, 6) is -1.70. The molecule has 2 heterocycles. The lowest BCUT2D eigenvalue weighted by molar-refractivity contribution is -0.181. The molecule has 3 aromatic rings. The first kappa shape index (κ1) is 27.1. The third-order valence-corrected chi connectivity index (χ3v) is 7.20. The van der Waals surface area contributed by atoms with Crippen molar-refractivity contribution in [2.75, 3.05) is 6.79 Å². The van der Waals surface area contributed by atoms with Crippen molar-refractivity contribution in [2.45, 2.75) is 51.7 Å². The second-order valence-electron chi connectivity index (χ2n) is 10.1. The Hall–Kier alpha value is -5.06. The van der Waals surface area contributed by atoms with Crippen LogP contribution in [-0.2, 0) is 35.2 Å². The van der Waals surface area contributed by atoms with Crippen molar-refractivity contribution in [3.63, 3.8) is 0 Å². The summed E-state index contributed by atoms with van der Waals surface area (Å²) in [4.78, 5) is 49.8. The zero-order valence-electron chi connectivity index (χ0n) is 23.0. The maximum atomic E-state index is 13.7. The van der Waals surface area contributed by atoms with Crippen LogP contribution in [0, 0.1) is 0 Å². The minimum Gasteiger partial charge on any atom is -0.484 e. The van der Waals surface area contributed by atoms with E-state index in [1.807, 2.05) is 42.5 Å². The predicted molar refractivity (Wildman–Crippen MR) is 147 cm³/mol. The SMILES string of the molecule is CC(=O)O[C@@H]1[C@@H](OC(C)=O)[C@@H]2NC(=O)c3c(cc4c(c3OCc3ccc5ccccc5c3)OCO4)C2=C[C@@H]1OC(C)=O. The Balaban J connectivity index is 1.44. The molecule has 216 valence electrons. The Kier molecular flexibility index (Phi) is 6.93. The zero-order valence-corrected chi connectivity index (χ0v) is 23.0. The van der Waals surface area contributed by atoms with Crippen LogP contribution < -0.4 is 19.5 Å². The largest absolute Gasteiger partial charge is 0.484 e. The Morgan fingerprint density at radius 2 is 1.60 bits per heavy atom. The third-order valence-electron chi connectivity index (χ3n) is 7.20. The van der Waals surface area contributed by atoms with Crippen LogP contribution in [0.4, 0.5) is 0 Å². The number of hydrogen-bond acceptors (Lipinski definition) is 10. The monoisotopic (exact) mass is 573 g/mol. The number of hydrogen-bond donors (Lipinski definition) is 1. The van der Waals surface area contributed by atoms with E-state index in [0.717, 1.165) is 16.3 Å². The highest BCUT2D eigenvalue weighted by Crippen LogP contribution is 2.50. The molecule has 11 nitrogen and oxygen atoms in total. The lowest BCUT2D eigenvalue weighted by atomic mass is 9.79. The van der Waals surface area contributed by atoms with Crippen molar-refractivity contribution in [1.82, 2.24) is 5.32 Å². The molecule has 0 spiro atoms. The number of fused-ring (bicyclic) bond motifs is 5. The molecular formula is C31H27NO10. The van der Waals surface area contributed by atoms with Crippen molar-refractivity contribution in [2.24, 2.45) is 0 Å². The molecule has 0 unspecified atom stereocenters. The van der Waals surface area contributed by atoms with Gasteiger partial charge in [-0.3, -0.25) is 19.2 Å². The molecule has 3 aromatic carbocycles. The minimum atomic E-state index is -1.21. The van der Waals surface area contributed by atoms with Crippen LogP contribution in [0.15, 0.2) is 54.6 Å². The van der Waals surface area contributed by atoms with Crippen LogP contribution in [0.2, 0.25) is 0 Å². The van der Waals surface area contributed by atoms with Crippen molar-refractivity contribution in [3.8, 4) is 17.2 Å². The van der Waals surface area contributed by atoms with Crippen LogP contribution in [0.3, 0.4) is 0 Å². The van der Waals surface area contributed by atoms with Gasteiger partial charge in [0, 0.05) is 26.3 Å². The fourth-order valence-electron chi connectivity index (χ4n) is 5.59. The predicted octanol–water partition coefficient (Wildman–Crippen LogP) is 3.45. The Morgan fingerprint density at radius 1 is 0.881 bits per heavy atom. The molecule has 42 heavy (non-hydrogen) atoms. The average Bonchev–Trinajstić information content (AvgIpc) is 3.41. The molecule has 4 atom stereocenters. The topological polar surface area (TPSA) is 136 Å². The van der Waals surface area contributed by atoms with Gasteiger partial charge in [-0.2, -0.15) is 0 Å². The molecule has 0 saturated heterocycles. The Morgan fingerprint density at radius 3 is 2.33 bits per heavy atom. The van der Waals surface area contributed by atoms with Crippen molar-refractivity contribution < 1.29 is 47.6 Å². The molecule has 11 heteroatoms. The average molecular weight is 574 g/mol. The van der Waals surface area contributed by atoms with Gasteiger partial charge in [0.1, 0.15) is 6.61 Å². The number of amides is 1. The maximum Gasteiger partial charge on any atom is 0.303 e. The molecule has 1 aliphatic carbocycles. The van der Waals surface area contributed by atoms with E-state index < -0.39 is 48.2 Å². The van der Waals surface area contributed by atoms with Crippen molar-refractivity contribution >= 4 is 40.2 Å². The summed E-state index contributed by atoms with van der Waals surface area (Å²) in [6, 6.07) is 14.6. The van der Waals surface area contributed by atoms with Gasteiger partial charge in [0.2, 0.25) is 12.5 Å². The van der Waals surface area contributed by atoms with E-state index in [-0.39, 0.29) is 30.5 Å². The van der Waals surface area contributed by atoms with Crippen LogP contribution >= 0.6 is 0 Å². The number of ether oxygens (including phenoxy) is 6. The number of carbonyl (C=O) groups is 4. The number of carbonyl (C=O) groups excluding carboxylic acids is 4. The first-order chi connectivity index (χ1) is 20.2. The fraction of sp³-hybridized carbons (Fsp3) is 0.290. The summed E-state index contributed by atoms with van der Waals surface area (Å²) in [6.45, 7) is 3.65. The number of benzene rings is 3. The second kappa shape index (κ2) is 10.7. The third kappa shape index (κ3) is 4.98. The smallest absolute Gasteiger partial charge is 0.303 e. The molecule has 6 rings (SSSR count). The van der Waals surface area contributed by atoms with E-state index in [1.165, 1.54) is 20.8 Å². The highest BCUT2D eigenvalue weighted by Gasteiger charge is 2.50. The fourth-order valence-corrected chi connectivity index (χ4v) is 5.59. The summed E-state index contributed by atoms with van der Waals surface area (Å²) in [7, 11) is 0. The summed E-state index contributed by atoms with van der Waals surface area (Å²) in [5.41, 5.74) is 1.94. The van der Waals surface area contributed by atoms with E-state index in [2.05, 4.69) is 5.32 Å². The normalized spacial score (nSPS) is 21.8. The van der Waals surface area contributed by atoms with Gasteiger partial charge < -0.3 is 33.7 Å². The summed E-state index contributed by atoms with van der Waals surface area (Å²) < 4.78 is 34.1.